The summed E-state index contributed by atoms with van der Waals surface area (Å²) >= 11 is 12.2. The van der Waals surface area contributed by atoms with Crippen molar-refractivity contribution in [2.24, 2.45) is 0 Å². The molecular weight excluding hydrogens is 295 g/mol. The minimum atomic E-state index is -0.0464. The van der Waals surface area contributed by atoms with Crippen LogP contribution < -0.4 is 0 Å². The van der Waals surface area contributed by atoms with Crippen molar-refractivity contribution in [2.45, 2.75) is 26.7 Å². The lowest BCUT2D eigenvalue weighted by Gasteiger charge is -2.09. The molecule has 0 radical (unpaired) electrons. The number of aryl methyl sites for hydroxylation is 2. The molecule has 0 spiro atoms. The van der Waals surface area contributed by atoms with E-state index in [-0.39, 0.29) is 12.2 Å². The fourth-order valence-corrected chi connectivity index (χ4v) is 2.50. The van der Waals surface area contributed by atoms with Crippen LogP contribution in [0, 0.1) is 6.92 Å². The summed E-state index contributed by atoms with van der Waals surface area (Å²) in [5.74, 6) is -0.0464. The van der Waals surface area contributed by atoms with Crippen LogP contribution in [-0.4, -0.2) is 16.0 Å². The Morgan fingerprint density at radius 1 is 1.20 bits per heavy atom. The lowest BCUT2D eigenvalue weighted by molar-refractivity contribution is 0.0991. The summed E-state index contributed by atoms with van der Waals surface area (Å²) in [5, 5.41) is 9.05. The first kappa shape index (κ1) is 14.9. The van der Waals surface area contributed by atoms with Gasteiger partial charge in [-0.2, -0.15) is 10.2 Å². The molecule has 0 aliphatic heterocycles. The summed E-state index contributed by atoms with van der Waals surface area (Å²) in [4.78, 5) is 12.5. The molecule has 0 fully saturated rings. The van der Waals surface area contributed by atoms with Crippen LogP contribution >= 0.6 is 23.2 Å². The number of ketones is 1. The zero-order valence-electron chi connectivity index (χ0n) is 11.3. The standard InChI is InChI=1S/C15H14Cl2N2O/c1-3-14-11(7-9(2)18-19-14)15(20)8-10-12(16)5-4-6-13(10)17/h4-7H,3,8H2,1-2H3. The Kier molecular flexibility index (Phi) is 4.73. The van der Waals surface area contributed by atoms with Gasteiger partial charge in [-0.25, -0.2) is 0 Å². The summed E-state index contributed by atoms with van der Waals surface area (Å²) in [6.45, 7) is 3.75. The highest BCUT2D eigenvalue weighted by Gasteiger charge is 2.16. The van der Waals surface area contributed by atoms with E-state index in [0.29, 0.717) is 33.3 Å². The van der Waals surface area contributed by atoms with Crippen molar-refractivity contribution in [3.8, 4) is 0 Å². The smallest absolute Gasteiger partial charge is 0.169 e. The molecule has 0 atom stereocenters. The second kappa shape index (κ2) is 6.33. The molecule has 2 aromatic rings. The molecule has 1 aromatic heterocycles. The van der Waals surface area contributed by atoms with Gasteiger partial charge in [0.25, 0.3) is 0 Å². The quantitative estimate of drug-likeness (QED) is 0.799. The van der Waals surface area contributed by atoms with Gasteiger partial charge in [0.15, 0.2) is 5.78 Å². The number of benzene rings is 1. The van der Waals surface area contributed by atoms with E-state index in [1.807, 2.05) is 13.8 Å². The van der Waals surface area contributed by atoms with E-state index < -0.39 is 0 Å². The van der Waals surface area contributed by atoms with E-state index in [4.69, 9.17) is 23.2 Å². The van der Waals surface area contributed by atoms with E-state index >= 15 is 0 Å². The monoisotopic (exact) mass is 308 g/mol. The van der Waals surface area contributed by atoms with Crippen LogP contribution in [-0.2, 0) is 12.8 Å². The van der Waals surface area contributed by atoms with E-state index in [9.17, 15) is 4.79 Å². The highest BCUT2D eigenvalue weighted by Crippen LogP contribution is 2.26. The number of Topliss-reactive ketones (excluding diaryl/α,β-unsaturated/α-hetero) is 1. The van der Waals surface area contributed by atoms with Gasteiger partial charge in [-0.3, -0.25) is 4.79 Å². The Balaban J connectivity index is 2.35. The van der Waals surface area contributed by atoms with Gasteiger partial charge >= 0.3 is 0 Å². The van der Waals surface area contributed by atoms with Gasteiger partial charge in [0.1, 0.15) is 0 Å². The Morgan fingerprint density at radius 2 is 1.85 bits per heavy atom. The minimum absolute atomic E-state index is 0.0464. The van der Waals surface area contributed by atoms with Crippen LogP contribution in [0.15, 0.2) is 24.3 Å². The predicted molar refractivity (Wildman–Crippen MR) is 80.6 cm³/mol. The highest BCUT2D eigenvalue weighted by molar-refractivity contribution is 6.36. The van der Waals surface area contributed by atoms with E-state index in [2.05, 4.69) is 10.2 Å². The van der Waals surface area contributed by atoms with Gasteiger partial charge in [0, 0.05) is 22.0 Å². The number of rotatable bonds is 4. The Labute approximate surface area is 127 Å². The van der Waals surface area contributed by atoms with Gasteiger partial charge in [-0.15, -0.1) is 0 Å². The lowest BCUT2D eigenvalue weighted by atomic mass is 10.0. The van der Waals surface area contributed by atoms with Gasteiger partial charge in [-0.05, 0) is 37.1 Å². The molecule has 0 saturated carbocycles. The van der Waals surface area contributed by atoms with E-state index in [1.54, 1.807) is 24.3 Å². The normalized spacial score (nSPS) is 10.6. The molecule has 20 heavy (non-hydrogen) atoms. The van der Waals surface area contributed by atoms with Crippen LogP contribution in [0.2, 0.25) is 10.0 Å². The first-order valence-electron chi connectivity index (χ1n) is 6.32. The van der Waals surface area contributed by atoms with E-state index in [1.165, 1.54) is 0 Å². The molecule has 0 N–H and O–H groups in total. The zero-order chi connectivity index (χ0) is 14.7. The molecule has 0 aliphatic carbocycles. The minimum Gasteiger partial charge on any atom is -0.294 e. The number of aromatic nitrogens is 2. The van der Waals surface area contributed by atoms with Crippen LogP contribution in [0.1, 0.15) is 34.2 Å². The maximum Gasteiger partial charge on any atom is 0.169 e. The lowest BCUT2D eigenvalue weighted by Crippen LogP contribution is -2.11. The summed E-state index contributed by atoms with van der Waals surface area (Å²) in [7, 11) is 0. The topological polar surface area (TPSA) is 42.9 Å². The number of hydrogen-bond acceptors (Lipinski definition) is 3. The van der Waals surface area contributed by atoms with Crippen molar-refractivity contribution in [2.75, 3.05) is 0 Å². The molecular formula is C15H14Cl2N2O. The molecule has 2 rings (SSSR count). The SMILES string of the molecule is CCc1nnc(C)cc1C(=O)Cc1c(Cl)cccc1Cl. The average Bonchev–Trinajstić information content (AvgIpc) is 2.43. The number of nitrogens with zero attached hydrogens (tertiary/aromatic N) is 2. The first-order valence-corrected chi connectivity index (χ1v) is 7.07. The molecule has 5 heteroatoms. The molecule has 0 saturated heterocycles. The van der Waals surface area contributed by atoms with Gasteiger partial charge in [0.2, 0.25) is 0 Å². The van der Waals surface area contributed by atoms with Gasteiger partial charge in [-0.1, -0.05) is 36.2 Å². The summed E-state index contributed by atoms with van der Waals surface area (Å²) in [6, 6.07) is 6.98. The van der Waals surface area contributed by atoms with Crippen molar-refractivity contribution in [1.29, 1.82) is 0 Å². The van der Waals surface area contributed by atoms with Gasteiger partial charge in [0.05, 0.1) is 11.4 Å². The third kappa shape index (κ3) is 3.17. The van der Waals surface area contributed by atoms with Crippen molar-refractivity contribution in [3.63, 3.8) is 0 Å². The number of carbonyl (C=O) groups excluding carboxylic acids is 1. The highest BCUT2D eigenvalue weighted by atomic mass is 35.5. The average molecular weight is 309 g/mol. The molecule has 1 aromatic carbocycles. The summed E-state index contributed by atoms with van der Waals surface area (Å²) in [6.07, 6.45) is 0.821. The van der Waals surface area contributed by atoms with Crippen molar-refractivity contribution >= 4 is 29.0 Å². The maximum absolute atomic E-state index is 12.5. The Hall–Kier alpha value is -1.45. The number of carbonyl (C=O) groups is 1. The zero-order valence-corrected chi connectivity index (χ0v) is 12.8. The Morgan fingerprint density at radius 3 is 2.45 bits per heavy atom. The second-order valence-electron chi connectivity index (χ2n) is 4.50. The van der Waals surface area contributed by atoms with Crippen molar-refractivity contribution in [3.05, 3.63) is 56.8 Å². The molecule has 1 heterocycles. The molecule has 0 aliphatic rings. The summed E-state index contributed by atoms with van der Waals surface area (Å²) < 4.78 is 0. The maximum atomic E-state index is 12.5. The second-order valence-corrected chi connectivity index (χ2v) is 5.31. The molecule has 0 bridgehead atoms. The molecule has 0 unspecified atom stereocenters. The number of halogens is 2. The van der Waals surface area contributed by atoms with Crippen LogP contribution in [0.25, 0.3) is 0 Å². The van der Waals surface area contributed by atoms with Crippen LogP contribution in [0.4, 0.5) is 0 Å². The molecule has 104 valence electrons. The third-order valence-electron chi connectivity index (χ3n) is 3.03. The van der Waals surface area contributed by atoms with Crippen LogP contribution in [0.3, 0.4) is 0 Å². The predicted octanol–water partition coefficient (Wildman–Crippen LogP) is 4.08. The van der Waals surface area contributed by atoms with Crippen molar-refractivity contribution < 1.29 is 4.79 Å². The fraction of sp³-hybridized carbons (Fsp3) is 0.267. The third-order valence-corrected chi connectivity index (χ3v) is 3.74. The Bertz CT molecular complexity index is 636. The summed E-state index contributed by atoms with van der Waals surface area (Å²) in [5.41, 5.74) is 2.66. The first-order chi connectivity index (χ1) is 9.52. The fourth-order valence-electron chi connectivity index (χ4n) is 1.97. The largest absolute Gasteiger partial charge is 0.294 e. The van der Waals surface area contributed by atoms with Gasteiger partial charge < -0.3 is 0 Å². The van der Waals surface area contributed by atoms with E-state index in [0.717, 1.165) is 5.69 Å². The molecule has 3 nitrogen and oxygen atoms in total. The molecule has 0 amide bonds. The van der Waals surface area contributed by atoms with Crippen molar-refractivity contribution in [1.82, 2.24) is 10.2 Å². The van der Waals surface area contributed by atoms with Crippen LogP contribution in [0.5, 0.6) is 0 Å². The number of hydrogen-bond donors (Lipinski definition) is 0.